The molecular formula is C16H21ClN2O2S. The van der Waals surface area contributed by atoms with Crippen LogP contribution in [0.1, 0.15) is 13.8 Å². The van der Waals surface area contributed by atoms with Crippen molar-refractivity contribution in [1.82, 2.24) is 4.72 Å². The van der Waals surface area contributed by atoms with Crippen molar-refractivity contribution in [2.24, 2.45) is 5.73 Å². The van der Waals surface area contributed by atoms with Crippen molar-refractivity contribution >= 4 is 22.4 Å². The summed E-state index contributed by atoms with van der Waals surface area (Å²) in [6.45, 7) is 3.74. The third-order valence-electron chi connectivity index (χ3n) is 3.19. The number of nitrogens with one attached hydrogen (secondary N) is 1. The summed E-state index contributed by atoms with van der Waals surface area (Å²) in [7, 11) is -3.56. The zero-order valence-electron chi connectivity index (χ0n) is 12.6. The van der Waals surface area contributed by atoms with Gasteiger partial charge in [-0.2, -0.15) is 0 Å². The van der Waals surface area contributed by atoms with E-state index in [4.69, 9.17) is 5.73 Å². The van der Waals surface area contributed by atoms with E-state index in [-0.39, 0.29) is 23.8 Å². The maximum absolute atomic E-state index is 12.3. The Labute approximate surface area is 138 Å². The van der Waals surface area contributed by atoms with Gasteiger partial charge in [0.25, 0.3) is 0 Å². The first kappa shape index (κ1) is 18.6. The number of sulfonamides is 1. The van der Waals surface area contributed by atoms with Gasteiger partial charge in [0.2, 0.25) is 10.0 Å². The van der Waals surface area contributed by atoms with E-state index >= 15 is 0 Å². The molecule has 0 saturated heterocycles. The van der Waals surface area contributed by atoms with Gasteiger partial charge >= 0.3 is 0 Å². The minimum Gasteiger partial charge on any atom is -0.329 e. The van der Waals surface area contributed by atoms with E-state index in [0.29, 0.717) is 0 Å². The Morgan fingerprint density at radius 1 is 0.955 bits per heavy atom. The number of rotatable bonds is 5. The van der Waals surface area contributed by atoms with Gasteiger partial charge in [-0.25, -0.2) is 13.1 Å². The molecule has 0 amide bonds. The van der Waals surface area contributed by atoms with Crippen molar-refractivity contribution in [1.29, 1.82) is 0 Å². The predicted octanol–water partition coefficient (Wildman–Crippen LogP) is 2.79. The molecular weight excluding hydrogens is 320 g/mol. The van der Waals surface area contributed by atoms with Crippen LogP contribution in [-0.4, -0.2) is 20.5 Å². The van der Waals surface area contributed by atoms with Crippen LogP contribution in [0.3, 0.4) is 0 Å². The third kappa shape index (κ3) is 4.55. The van der Waals surface area contributed by atoms with Gasteiger partial charge in [-0.15, -0.1) is 12.4 Å². The molecule has 0 atom stereocenters. The molecule has 0 aliphatic rings. The number of halogens is 1. The van der Waals surface area contributed by atoms with Gasteiger partial charge in [0.15, 0.2) is 0 Å². The lowest BCUT2D eigenvalue weighted by atomic mass is 10.1. The Bertz CT molecular complexity index is 699. The summed E-state index contributed by atoms with van der Waals surface area (Å²) in [5.41, 5.74) is 6.93. The molecule has 0 aliphatic heterocycles. The van der Waals surface area contributed by atoms with Crippen LogP contribution < -0.4 is 10.5 Å². The summed E-state index contributed by atoms with van der Waals surface area (Å²) in [6.07, 6.45) is 0. The number of benzene rings is 2. The maximum atomic E-state index is 12.3. The van der Waals surface area contributed by atoms with Crippen LogP contribution in [0.2, 0.25) is 0 Å². The van der Waals surface area contributed by atoms with Crippen molar-refractivity contribution in [3.05, 3.63) is 54.6 Å². The van der Waals surface area contributed by atoms with E-state index in [1.54, 1.807) is 38.1 Å². The third-order valence-corrected chi connectivity index (χ3v) is 4.91. The smallest absolute Gasteiger partial charge is 0.241 e. The monoisotopic (exact) mass is 340 g/mol. The molecule has 2 aromatic rings. The highest BCUT2D eigenvalue weighted by atomic mass is 35.5. The maximum Gasteiger partial charge on any atom is 0.241 e. The molecule has 0 unspecified atom stereocenters. The van der Waals surface area contributed by atoms with Crippen molar-refractivity contribution in [3.63, 3.8) is 0 Å². The summed E-state index contributed by atoms with van der Waals surface area (Å²) in [5.74, 6) is 0. The standard InChI is InChI=1S/C16H20N2O2S.ClH/c1-16(2,12-17)18-21(19,20)15-10-8-14(9-11-15)13-6-4-3-5-7-13;/h3-11,18H,12,17H2,1-2H3;1H. The van der Waals surface area contributed by atoms with Gasteiger partial charge in [-0.05, 0) is 37.1 Å². The van der Waals surface area contributed by atoms with E-state index in [2.05, 4.69) is 4.72 Å². The molecule has 0 saturated carbocycles. The highest BCUT2D eigenvalue weighted by Gasteiger charge is 2.24. The fourth-order valence-electron chi connectivity index (χ4n) is 1.92. The van der Waals surface area contributed by atoms with E-state index in [0.717, 1.165) is 11.1 Å². The zero-order valence-corrected chi connectivity index (χ0v) is 14.2. The lowest BCUT2D eigenvalue weighted by Crippen LogP contribution is -2.48. The summed E-state index contributed by atoms with van der Waals surface area (Å²) in [6, 6.07) is 16.6. The Balaban J connectivity index is 0.00000242. The van der Waals surface area contributed by atoms with Crippen LogP contribution >= 0.6 is 12.4 Å². The SMILES string of the molecule is CC(C)(CN)NS(=O)(=O)c1ccc(-c2ccccc2)cc1.Cl. The molecule has 2 aromatic carbocycles. The van der Waals surface area contributed by atoms with Crippen molar-refractivity contribution < 1.29 is 8.42 Å². The molecule has 0 bridgehead atoms. The van der Waals surface area contributed by atoms with Crippen LogP contribution in [0.5, 0.6) is 0 Å². The molecule has 22 heavy (non-hydrogen) atoms. The fourth-order valence-corrected chi connectivity index (χ4v) is 3.34. The Morgan fingerprint density at radius 2 is 1.45 bits per heavy atom. The van der Waals surface area contributed by atoms with E-state index in [1.165, 1.54) is 0 Å². The first-order valence-electron chi connectivity index (χ1n) is 6.74. The largest absolute Gasteiger partial charge is 0.329 e. The van der Waals surface area contributed by atoms with Gasteiger partial charge in [-0.3, -0.25) is 0 Å². The van der Waals surface area contributed by atoms with Gasteiger partial charge < -0.3 is 5.73 Å². The second-order valence-corrected chi connectivity index (χ2v) is 7.27. The molecule has 0 heterocycles. The highest BCUT2D eigenvalue weighted by molar-refractivity contribution is 7.89. The summed E-state index contributed by atoms with van der Waals surface area (Å²) < 4.78 is 27.2. The topological polar surface area (TPSA) is 72.2 Å². The van der Waals surface area contributed by atoms with E-state index in [9.17, 15) is 8.42 Å². The first-order chi connectivity index (χ1) is 9.84. The molecule has 0 spiro atoms. The van der Waals surface area contributed by atoms with Crippen molar-refractivity contribution in [3.8, 4) is 11.1 Å². The second kappa shape index (κ2) is 7.24. The average molecular weight is 341 g/mol. The summed E-state index contributed by atoms with van der Waals surface area (Å²) >= 11 is 0. The van der Waals surface area contributed by atoms with Gasteiger partial charge in [0, 0.05) is 12.1 Å². The van der Waals surface area contributed by atoms with Gasteiger partial charge in [0.05, 0.1) is 4.90 Å². The Morgan fingerprint density at radius 3 is 1.95 bits per heavy atom. The van der Waals surface area contributed by atoms with Gasteiger partial charge in [0.1, 0.15) is 0 Å². The molecule has 4 nitrogen and oxygen atoms in total. The Hall–Kier alpha value is -1.40. The predicted molar refractivity (Wildman–Crippen MR) is 92.6 cm³/mol. The normalized spacial score (nSPS) is 11.8. The molecule has 6 heteroatoms. The van der Waals surface area contributed by atoms with Gasteiger partial charge in [-0.1, -0.05) is 42.5 Å². The average Bonchev–Trinajstić information content (AvgIpc) is 2.47. The highest BCUT2D eigenvalue weighted by Crippen LogP contribution is 2.21. The molecule has 2 rings (SSSR count). The summed E-state index contributed by atoms with van der Waals surface area (Å²) in [4.78, 5) is 0.240. The first-order valence-corrected chi connectivity index (χ1v) is 8.22. The molecule has 0 radical (unpaired) electrons. The number of hydrogen-bond acceptors (Lipinski definition) is 3. The van der Waals surface area contributed by atoms with E-state index in [1.807, 2.05) is 30.3 Å². The second-order valence-electron chi connectivity index (χ2n) is 5.58. The van der Waals surface area contributed by atoms with Crippen molar-refractivity contribution in [2.45, 2.75) is 24.3 Å². The lowest BCUT2D eigenvalue weighted by Gasteiger charge is -2.23. The quantitative estimate of drug-likeness (QED) is 0.879. The van der Waals surface area contributed by atoms with E-state index < -0.39 is 15.6 Å². The summed E-state index contributed by atoms with van der Waals surface area (Å²) in [5, 5.41) is 0. The fraction of sp³-hybridized carbons (Fsp3) is 0.250. The van der Waals surface area contributed by atoms with Crippen LogP contribution in [-0.2, 0) is 10.0 Å². The molecule has 120 valence electrons. The number of hydrogen-bond donors (Lipinski definition) is 2. The van der Waals surface area contributed by atoms with Crippen molar-refractivity contribution in [2.75, 3.05) is 6.54 Å². The lowest BCUT2D eigenvalue weighted by molar-refractivity contribution is 0.462. The van der Waals surface area contributed by atoms with Crippen LogP contribution in [0.25, 0.3) is 11.1 Å². The Kier molecular flexibility index (Phi) is 6.14. The molecule has 3 N–H and O–H groups in total. The minimum absolute atomic E-state index is 0. The number of nitrogens with two attached hydrogens (primary N) is 1. The van der Waals surface area contributed by atoms with Crippen LogP contribution in [0.4, 0.5) is 0 Å². The van der Waals surface area contributed by atoms with Crippen LogP contribution in [0, 0.1) is 0 Å². The molecule has 0 fully saturated rings. The minimum atomic E-state index is -3.56. The molecule has 0 aliphatic carbocycles. The molecule has 0 aromatic heterocycles. The van der Waals surface area contributed by atoms with Crippen LogP contribution in [0.15, 0.2) is 59.5 Å². The zero-order chi connectivity index (χ0) is 15.5.